The second kappa shape index (κ2) is 8.17. The summed E-state index contributed by atoms with van der Waals surface area (Å²) in [5.74, 6) is 0.923. The predicted octanol–water partition coefficient (Wildman–Crippen LogP) is 8.34. The van der Waals surface area contributed by atoms with Crippen LogP contribution in [0.5, 0.6) is 0 Å². The Morgan fingerprint density at radius 1 is 0.951 bits per heavy atom. The molecule has 0 radical (unpaired) electrons. The molecule has 0 bridgehead atoms. The fraction of sp³-hybridized carbons (Fsp3) is 0.676. The summed E-state index contributed by atoms with van der Waals surface area (Å²) >= 11 is 0. The van der Waals surface area contributed by atoms with Crippen molar-refractivity contribution in [3.8, 4) is 0 Å². The monoisotopic (exact) mass is 555 g/mol. The summed E-state index contributed by atoms with van der Waals surface area (Å²) in [5, 5.41) is 1.32. The molecule has 0 aliphatic heterocycles. The number of H-pyrrole nitrogens is 1. The molecule has 1 heterocycles. The van der Waals surface area contributed by atoms with Gasteiger partial charge in [0, 0.05) is 27.9 Å². The first kappa shape index (κ1) is 27.5. The highest BCUT2D eigenvalue weighted by Crippen LogP contribution is 2.75. The van der Waals surface area contributed by atoms with Gasteiger partial charge in [0.1, 0.15) is 0 Å². The van der Waals surface area contributed by atoms with E-state index in [1.165, 1.54) is 34.8 Å². The average Bonchev–Trinajstić information content (AvgIpc) is 3.29. The first-order valence-electron chi connectivity index (χ1n) is 16.1. The highest BCUT2D eigenvalue weighted by molar-refractivity contribution is 5.96. The zero-order valence-electron chi connectivity index (χ0n) is 26.5. The number of ether oxygens (including phenoxy) is 1. The van der Waals surface area contributed by atoms with E-state index in [1.54, 1.807) is 0 Å². The molecular weight excluding hydrogens is 506 g/mol. The number of carbonyl (C=O) groups excluding carboxylic acids is 2. The second-order valence-corrected chi connectivity index (χ2v) is 16.7. The number of allylic oxidation sites excluding steroid dienone is 2. The van der Waals surface area contributed by atoms with Gasteiger partial charge in [0.25, 0.3) is 0 Å². The highest BCUT2D eigenvalue weighted by Gasteiger charge is 2.70. The zero-order chi connectivity index (χ0) is 29.4. The SMILES string of the molecule is COC(=O)C1(C)CCC2(C)CCC3(C)C(=CC(=O)C4C5(C)Cc6c([nH]c7ccccc67)C(C)(C)C5CCC43C)C2C1. The number of benzene rings is 1. The zero-order valence-corrected chi connectivity index (χ0v) is 26.5. The second-order valence-electron chi connectivity index (χ2n) is 16.7. The van der Waals surface area contributed by atoms with Crippen molar-refractivity contribution in [2.24, 2.45) is 44.8 Å². The number of fused-ring (bicyclic) bond motifs is 10. The van der Waals surface area contributed by atoms with E-state index < -0.39 is 5.41 Å². The van der Waals surface area contributed by atoms with Crippen molar-refractivity contribution in [3.05, 3.63) is 47.2 Å². The standard InChI is InChI=1S/C37H49NO3/c1-32(2)28-13-14-37(7)29(35(28,5)20-23-22-11-9-10-12-26(22)38-30(23)32)27(39)19-24-25-21-34(4,31(40)41-8)16-15-33(25,3)17-18-36(24,37)6/h9-12,19,25,28-29,38H,13-18,20-21H2,1-8H3. The van der Waals surface area contributed by atoms with Crippen LogP contribution >= 0.6 is 0 Å². The van der Waals surface area contributed by atoms with Gasteiger partial charge in [-0.25, -0.2) is 0 Å². The fourth-order valence-electron chi connectivity index (χ4n) is 11.9. The summed E-state index contributed by atoms with van der Waals surface area (Å²) in [6, 6.07) is 8.73. The van der Waals surface area contributed by atoms with Crippen molar-refractivity contribution < 1.29 is 14.3 Å². The van der Waals surface area contributed by atoms with Crippen molar-refractivity contribution in [1.29, 1.82) is 0 Å². The van der Waals surface area contributed by atoms with E-state index in [0.29, 0.717) is 11.7 Å². The molecule has 8 atom stereocenters. The van der Waals surface area contributed by atoms with E-state index in [4.69, 9.17) is 4.74 Å². The van der Waals surface area contributed by atoms with Gasteiger partial charge in [0.2, 0.25) is 0 Å². The van der Waals surface area contributed by atoms with Crippen LogP contribution in [0.15, 0.2) is 35.9 Å². The Hall–Kier alpha value is -2.36. The van der Waals surface area contributed by atoms with Crippen LogP contribution in [0.3, 0.4) is 0 Å². The topological polar surface area (TPSA) is 59.2 Å². The molecule has 41 heavy (non-hydrogen) atoms. The minimum absolute atomic E-state index is 0.0106. The molecule has 1 N–H and O–H groups in total. The van der Waals surface area contributed by atoms with Gasteiger partial charge in [-0.3, -0.25) is 9.59 Å². The van der Waals surface area contributed by atoms with Crippen LogP contribution in [0.4, 0.5) is 0 Å². The summed E-state index contributed by atoms with van der Waals surface area (Å²) in [7, 11) is 1.52. The molecule has 1 aromatic carbocycles. The Balaban J connectivity index is 1.37. The Morgan fingerprint density at radius 3 is 2.39 bits per heavy atom. The molecule has 220 valence electrons. The molecular formula is C37H49NO3. The van der Waals surface area contributed by atoms with E-state index in [2.05, 4.69) is 83.8 Å². The predicted molar refractivity (Wildman–Crippen MR) is 163 cm³/mol. The quantitative estimate of drug-likeness (QED) is 0.360. The summed E-state index contributed by atoms with van der Waals surface area (Å²) in [6.07, 6.45) is 10.3. The smallest absolute Gasteiger partial charge is 0.311 e. The maximum atomic E-state index is 14.8. The van der Waals surface area contributed by atoms with Gasteiger partial charge < -0.3 is 9.72 Å². The lowest BCUT2D eigenvalue weighted by atomic mass is 9.33. The lowest BCUT2D eigenvalue weighted by molar-refractivity contribution is -0.174. The fourth-order valence-corrected chi connectivity index (χ4v) is 11.9. The van der Waals surface area contributed by atoms with Gasteiger partial charge in [-0.1, -0.05) is 65.3 Å². The largest absolute Gasteiger partial charge is 0.469 e. The van der Waals surface area contributed by atoms with Crippen LogP contribution in [0.2, 0.25) is 0 Å². The Labute approximate surface area is 246 Å². The van der Waals surface area contributed by atoms with Gasteiger partial charge in [-0.2, -0.15) is 0 Å². The molecule has 3 fully saturated rings. The number of esters is 1. The van der Waals surface area contributed by atoms with Crippen molar-refractivity contribution in [3.63, 3.8) is 0 Å². The van der Waals surface area contributed by atoms with Crippen molar-refractivity contribution in [1.82, 2.24) is 4.98 Å². The van der Waals surface area contributed by atoms with E-state index in [1.807, 2.05) is 0 Å². The van der Waals surface area contributed by atoms with Crippen LogP contribution in [-0.4, -0.2) is 23.8 Å². The Kier molecular flexibility index (Phi) is 5.47. The number of aromatic amines is 1. The van der Waals surface area contributed by atoms with Crippen LogP contribution in [0.25, 0.3) is 10.9 Å². The maximum Gasteiger partial charge on any atom is 0.311 e. The van der Waals surface area contributed by atoms with Gasteiger partial charge in [-0.05, 0) is 109 Å². The first-order valence-corrected chi connectivity index (χ1v) is 16.1. The minimum Gasteiger partial charge on any atom is -0.469 e. The Bertz CT molecular complexity index is 1510. The molecule has 7 rings (SSSR count). The number of para-hydroxylation sites is 1. The lowest BCUT2D eigenvalue weighted by Crippen LogP contribution is -2.66. The molecule has 2 aromatic rings. The van der Waals surface area contributed by atoms with E-state index in [0.717, 1.165) is 51.4 Å². The molecule has 8 unspecified atom stereocenters. The number of rotatable bonds is 1. The van der Waals surface area contributed by atoms with Gasteiger partial charge in [0.05, 0.1) is 12.5 Å². The molecule has 0 spiro atoms. The van der Waals surface area contributed by atoms with Crippen molar-refractivity contribution >= 4 is 22.7 Å². The van der Waals surface area contributed by atoms with Crippen molar-refractivity contribution in [2.45, 2.75) is 105 Å². The van der Waals surface area contributed by atoms with Gasteiger partial charge in [-0.15, -0.1) is 0 Å². The average molecular weight is 556 g/mol. The van der Waals surface area contributed by atoms with E-state index in [-0.39, 0.29) is 44.9 Å². The number of hydrogen-bond acceptors (Lipinski definition) is 3. The molecule has 0 amide bonds. The third-order valence-corrected chi connectivity index (χ3v) is 14.4. The van der Waals surface area contributed by atoms with Gasteiger partial charge in [0.15, 0.2) is 5.78 Å². The highest BCUT2D eigenvalue weighted by atomic mass is 16.5. The Morgan fingerprint density at radius 2 is 1.66 bits per heavy atom. The molecule has 5 aliphatic rings. The maximum absolute atomic E-state index is 14.8. The van der Waals surface area contributed by atoms with E-state index in [9.17, 15) is 9.59 Å². The molecule has 4 nitrogen and oxygen atoms in total. The number of hydrogen-bond donors (Lipinski definition) is 1. The third kappa shape index (κ3) is 3.23. The first-order chi connectivity index (χ1) is 19.1. The van der Waals surface area contributed by atoms with Gasteiger partial charge >= 0.3 is 5.97 Å². The van der Waals surface area contributed by atoms with Crippen LogP contribution in [0, 0.1) is 44.8 Å². The number of carbonyl (C=O) groups is 2. The summed E-state index contributed by atoms with van der Waals surface area (Å²) < 4.78 is 5.31. The number of aromatic nitrogens is 1. The lowest BCUT2D eigenvalue weighted by Gasteiger charge is -2.70. The normalized spacial score (nSPS) is 44.5. The number of nitrogens with one attached hydrogen (secondary N) is 1. The van der Waals surface area contributed by atoms with Crippen molar-refractivity contribution in [2.75, 3.05) is 7.11 Å². The molecule has 3 saturated carbocycles. The molecule has 0 saturated heterocycles. The number of methoxy groups -OCH3 is 1. The molecule has 1 aromatic heterocycles. The van der Waals surface area contributed by atoms with E-state index >= 15 is 0 Å². The number of ketones is 1. The summed E-state index contributed by atoms with van der Waals surface area (Å²) in [6.45, 7) is 16.8. The third-order valence-electron chi connectivity index (χ3n) is 14.4. The summed E-state index contributed by atoms with van der Waals surface area (Å²) in [5.41, 5.74) is 4.72. The molecule has 4 heteroatoms. The minimum atomic E-state index is -0.485. The van der Waals surface area contributed by atoms with Crippen LogP contribution < -0.4 is 0 Å². The van der Waals surface area contributed by atoms with Crippen LogP contribution in [0.1, 0.15) is 105 Å². The molecule has 5 aliphatic carbocycles. The summed E-state index contributed by atoms with van der Waals surface area (Å²) in [4.78, 5) is 31.6. The van der Waals surface area contributed by atoms with Crippen LogP contribution in [-0.2, 0) is 26.2 Å².